The summed E-state index contributed by atoms with van der Waals surface area (Å²) in [5, 5.41) is 0. The Balaban J connectivity index is 1.86. The second-order valence-electron chi connectivity index (χ2n) is 6.25. The number of nitrogens with two attached hydrogens (primary N) is 1. The number of likely N-dealkylation sites (N-methyl/N-ethyl adjacent to an activating group) is 1. The van der Waals surface area contributed by atoms with Crippen molar-refractivity contribution in [2.45, 2.75) is 44.7 Å². The van der Waals surface area contributed by atoms with Crippen LogP contribution in [0.1, 0.15) is 43.4 Å². The smallest absolute Gasteiger partial charge is 0.0473 e. The fraction of sp³-hybridized carbons (Fsp3) is 0.647. The normalized spacial score (nSPS) is 24.1. The molecule has 3 nitrogen and oxygen atoms in total. The lowest BCUT2D eigenvalue weighted by atomic mass is 10.00. The summed E-state index contributed by atoms with van der Waals surface area (Å²) in [7, 11) is 2.18. The molecular weight excluding hydrogens is 246 g/mol. The zero-order valence-corrected chi connectivity index (χ0v) is 12.8. The van der Waals surface area contributed by atoms with E-state index in [2.05, 4.69) is 42.0 Å². The third-order valence-electron chi connectivity index (χ3n) is 5.13. The maximum absolute atomic E-state index is 6.12. The van der Waals surface area contributed by atoms with E-state index >= 15 is 0 Å². The van der Waals surface area contributed by atoms with Crippen molar-refractivity contribution in [3.05, 3.63) is 29.3 Å². The van der Waals surface area contributed by atoms with Crippen LogP contribution in [0.25, 0.3) is 0 Å². The van der Waals surface area contributed by atoms with Crippen LogP contribution in [0, 0.1) is 0 Å². The van der Waals surface area contributed by atoms with E-state index in [0.717, 1.165) is 19.1 Å². The highest BCUT2D eigenvalue weighted by atomic mass is 15.2. The van der Waals surface area contributed by atoms with Crippen molar-refractivity contribution < 1.29 is 0 Å². The minimum atomic E-state index is 0.402. The minimum Gasteiger partial charge on any atom is -0.374 e. The topological polar surface area (TPSA) is 32.5 Å². The van der Waals surface area contributed by atoms with Crippen LogP contribution in [0.3, 0.4) is 0 Å². The molecule has 0 bridgehead atoms. The summed E-state index contributed by atoms with van der Waals surface area (Å²) in [6.07, 6.45) is 5.07. The number of fused-ring (bicyclic) bond motifs is 1. The zero-order chi connectivity index (χ0) is 14.1. The van der Waals surface area contributed by atoms with E-state index in [1.807, 2.05) is 0 Å². The van der Waals surface area contributed by atoms with E-state index in [1.54, 1.807) is 0 Å². The first kappa shape index (κ1) is 13.9. The molecule has 0 aliphatic carbocycles. The molecule has 3 rings (SSSR count). The molecule has 2 N–H and O–H groups in total. The lowest BCUT2D eigenvalue weighted by Crippen LogP contribution is -2.37. The summed E-state index contributed by atoms with van der Waals surface area (Å²) in [6, 6.07) is 8.11. The number of benzene rings is 1. The zero-order valence-electron chi connectivity index (χ0n) is 12.8. The Kier molecular flexibility index (Phi) is 3.99. The van der Waals surface area contributed by atoms with E-state index in [1.165, 1.54) is 49.0 Å². The predicted molar refractivity (Wildman–Crippen MR) is 85.2 cm³/mol. The van der Waals surface area contributed by atoms with Gasteiger partial charge in [-0.05, 0) is 49.4 Å². The Morgan fingerprint density at radius 2 is 2.20 bits per heavy atom. The van der Waals surface area contributed by atoms with Crippen molar-refractivity contribution >= 4 is 5.69 Å². The largest absolute Gasteiger partial charge is 0.374 e. The molecule has 1 fully saturated rings. The Labute approximate surface area is 122 Å². The van der Waals surface area contributed by atoms with Gasteiger partial charge in [-0.25, -0.2) is 0 Å². The predicted octanol–water partition coefficient (Wildman–Crippen LogP) is 2.55. The SMILES string of the molecule is CCC1CCCN1C(CN)c1ccc2c(c1)CCN2C. The van der Waals surface area contributed by atoms with E-state index in [9.17, 15) is 0 Å². The Morgan fingerprint density at radius 3 is 2.95 bits per heavy atom. The fourth-order valence-corrected chi connectivity index (χ4v) is 3.96. The van der Waals surface area contributed by atoms with Gasteiger partial charge in [0.2, 0.25) is 0 Å². The molecule has 1 aromatic rings. The first-order valence-electron chi connectivity index (χ1n) is 8.04. The monoisotopic (exact) mass is 273 g/mol. The highest BCUT2D eigenvalue weighted by Gasteiger charge is 2.30. The average molecular weight is 273 g/mol. The van der Waals surface area contributed by atoms with Gasteiger partial charge in [-0.2, -0.15) is 0 Å². The fourth-order valence-electron chi connectivity index (χ4n) is 3.96. The molecule has 3 heteroatoms. The standard InChI is InChI=1S/C17H27N3/c1-3-15-5-4-9-20(15)17(12-18)13-6-7-16-14(11-13)8-10-19(16)2/h6-7,11,15,17H,3-5,8-10,12,18H2,1-2H3. The van der Waals surface area contributed by atoms with E-state index in [4.69, 9.17) is 5.73 Å². The third-order valence-corrected chi connectivity index (χ3v) is 5.13. The van der Waals surface area contributed by atoms with Crippen LogP contribution >= 0.6 is 0 Å². The van der Waals surface area contributed by atoms with Gasteiger partial charge in [0.05, 0.1) is 0 Å². The molecule has 1 saturated heterocycles. The van der Waals surface area contributed by atoms with Gasteiger partial charge in [-0.1, -0.05) is 19.1 Å². The van der Waals surface area contributed by atoms with E-state index in [0.29, 0.717) is 6.04 Å². The van der Waals surface area contributed by atoms with Crippen LogP contribution in [0.15, 0.2) is 18.2 Å². The first-order valence-corrected chi connectivity index (χ1v) is 8.04. The van der Waals surface area contributed by atoms with Gasteiger partial charge in [0.15, 0.2) is 0 Å². The van der Waals surface area contributed by atoms with Crippen LogP contribution in [-0.2, 0) is 6.42 Å². The van der Waals surface area contributed by atoms with Gasteiger partial charge in [-0.3, -0.25) is 4.90 Å². The van der Waals surface area contributed by atoms with Crippen LogP contribution in [0.5, 0.6) is 0 Å². The number of hydrogen-bond acceptors (Lipinski definition) is 3. The van der Waals surface area contributed by atoms with Gasteiger partial charge < -0.3 is 10.6 Å². The van der Waals surface area contributed by atoms with Gasteiger partial charge in [0.1, 0.15) is 0 Å². The molecule has 0 saturated carbocycles. The number of rotatable bonds is 4. The molecule has 0 amide bonds. The maximum atomic E-state index is 6.12. The van der Waals surface area contributed by atoms with Gasteiger partial charge in [-0.15, -0.1) is 0 Å². The lowest BCUT2D eigenvalue weighted by molar-refractivity contribution is 0.180. The molecule has 0 radical (unpaired) electrons. The van der Waals surface area contributed by atoms with Crippen LogP contribution < -0.4 is 10.6 Å². The summed E-state index contributed by atoms with van der Waals surface area (Å²) in [6.45, 7) is 5.38. The van der Waals surface area contributed by atoms with E-state index in [-0.39, 0.29) is 0 Å². The van der Waals surface area contributed by atoms with Crippen molar-refractivity contribution in [3.63, 3.8) is 0 Å². The highest BCUT2D eigenvalue weighted by molar-refractivity contribution is 5.58. The highest BCUT2D eigenvalue weighted by Crippen LogP contribution is 2.34. The second-order valence-corrected chi connectivity index (χ2v) is 6.25. The molecule has 2 unspecified atom stereocenters. The van der Waals surface area contributed by atoms with Gasteiger partial charge in [0, 0.05) is 37.9 Å². The first-order chi connectivity index (χ1) is 9.74. The minimum absolute atomic E-state index is 0.402. The molecule has 2 heterocycles. The quantitative estimate of drug-likeness (QED) is 0.915. The summed E-state index contributed by atoms with van der Waals surface area (Å²) >= 11 is 0. The van der Waals surface area contributed by atoms with Crippen molar-refractivity contribution in [2.24, 2.45) is 5.73 Å². The van der Waals surface area contributed by atoms with Crippen molar-refractivity contribution in [1.29, 1.82) is 0 Å². The van der Waals surface area contributed by atoms with Crippen molar-refractivity contribution in [2.75, 3.05) is 31.6 Å². The Morgan fingerprint density at radius 1 is 1.35 bits per heavy atom. The molecule has 0 spiro atoms. The number of hydrogen-bond donors (Lipinski definition) is 1. The number of anilines is 1. The van der Waals surface area contributed by atoms with Gasteiger partial charge in [0.25, 0.3) is 0 Å². The van der Waals surface area contributed by atoms with Gasteiger partial charge >= 0.3 is 0 Å². The molecule has 2 atom stereocenters. The molecule has 0 aromatic heterocycles. The summed E-state index contributed by atoms with van der Waals surface area (Å²) in [4.78, 5) is 4.99. The maximum Gasteiger partial charge on any atom is 0.0473 e. The summed E-state index contributed by atoms with van der Waals surface area (Å²) in [5.74, 6) is 0. The Bertz CT molecular complexity index is 471. The number of nitrogens with zero attached hydrogens (tertiary/aromatic N) is 2. The number of likely N-dealkylation sites (tertiary alicyclic amines) is 1. The summed E-state index contributed by atoms with van der Waals surface area (Å²) < 4.78 is 0. The lowest BCUT2D eigenvalue weighted by Gasteiger charge is -2.32. The third kappa shape index (κ3) is 2.33. The average Bonchev–Trinajstić information content (AvgIpc) is 3.07. The van der Waals surface area contributed by atoms with Crippen LogP contribution in [0.2, 0.25) is 0 Å². The van der Waals surface area contributed by atoms with Crippen molar-refractivity contribution in [1.82, 2.24) is 4.90 Å². The molecular formula is C17H27N3. The molecule has 1 aromatic carbocycles. The van der Waals surface area contributed by atoms with E-state index < -0.39 is 0 Å². The molecule has 20 heavy (non-hydrogen) atoms. The summed E-state index contributed by atoms with van der Waals surface area (Å²) in [5.41, 5.74) is 10.4. The molecule has 110 valence electrons. The molecule has 2 aliphatic rings. The van der Waals surface area contributed by atoms with Crippen molar-refractivity contribution in [3.8, 4) is 0 Å². The van der Waals surface area contributed by atoms with Crippen LogP contribution in [0.4, 0.5) is 5.69 Å². The Hall–Kier alpha value is -1.06. The molecule has 2 aliphatic heterocycles. The second kappa shape index (κ2) is 5.74. The van der Waals surface area contributed by atoms with Crippen LogP contribution in [-0.4, -0.2) is 37.6 Å².